The summed E-state index contributed by atoms with van der Waals surface area (Å²) in [6.07, 6.45) is 3.73. The third-order valence-corrected chi connectivity index (χ3v) is 8.37. The molecule has 0 radical (unpaired) electrons. The lowest BCUT2D eigenvalue weighted by atomic mass is 9.52. The standard InChI is InChI=1S/C18H23NO2/c1-6(2)19-17(20)10-5-11(18(19)21)16-12-7-3-8(14(10)16)13-9(4-7)15(12)13/h6-16H,3-5H2,1-2H3. The highest BCUT2D eigenvalue weighted by molar-refractivity contribution is 6.01. The first-order chi connectivity index (χ1) is 10.1. The van der Waals surface area contributed by atoms with E-state index in [1.54, 1.807) is 4.90 Å². The lowest BCUT2D eigenvalue weighted by molar-refractivity contribution is -0.155. The zero-order valence-electron chi connectivity index (χ0n) is 12.7. The molecule has 1 heterocycles. The molecule has 10 unspecified atom stereocenters. The molecular formula is C18H23NO2. The Morgan fingerprint density at radius 1 is 0.810 bits per heavy atom. The molecule has 0 aromatic heterocycles. The summed E-state index contributed by atoms with van der Waals surface area (Å²) >= 11 is 0. The van der Waals surface area contributed by atoms with Crippen molar-refractivity contribution in [2.75, 3.05) is 0 Å². The number of carbonyl (C=O) groups is 2. The number of nitrogens with zero attached hydrogens (tertiary/aromatic N) is 1. The van der Waals surface area contributed by atoms with Gasteiger partial charge in [-0.15, -0.1) is 0 Å². The van der Waals surface area contributed by atoms with Gasteiger partial charge < -0.3 is 0 Å². The maximum atomic E-state index is 12.9. The molecule has 3 nitrogen and oxygen atoms in total. The first-order valence-electron chi connectivity index (χ1n) is 8.96. The van der Waals surface area contributed by atoms with E-state index in [0.29, 0.717) is 11.8 Å². The van der Waals surface area contributed by atoms with Gasteiger partial charge in [0.05, 0.1) is 0 Å². The molecule has 1 aliphatic heterocycles. The molecule has 0 N–H and O–H groups in total. The maximum absolute atomic E-state index is 12.9. The van der Waals surface area contributed by atoms with Crippen molar-refractivity contribution < 1.29 is 9.59 Å². The van der Waals surface area contributed by atoms with Crippen molar-refractivity contribution >= 4 is 11.8 Å². The number of amides is 2. The molecule has 8 aliphatic rings. The summed E-state index contributed by atoms with van der Waals surface area (Å²) in [4.78, 5) is 27.4. The third-order valence-electron chi connectivity index (χ3n) is 8.37. The van der Waals surface area contributed by atoms with Crippen LogP contribution in [0.25, 0.3) is 0 Å². The van der Waals surface area contributed by atoms with Crippen LogP contribution in [-0.4, -0.2) is 22.8 Å². The van der Waals surface area contributed by atoms with Crippen LogP contribution in [0.4, 0.5) is 0 Å². The normalized spacial score (nSPS) is 61.8. The number of hydrogen-bond donors (Lipinski definition) is 0. The molecule has 7 aliphatic carbocycles. The molecule has 3 heteroatoms. The Balaban J connectivity index is 1.48. The molecule has 112 valence electrons. The SMILES string of the molecule is CC(C)N1C(=O)C2CC(C1=O)C1C2C2CC3CC4C2C4C31. The molecule has 2 amide bonds. The minimum absolute atomic E-state index is 0.0383. The molecule has 1 saturated heterocycles. The summed E-state index contributed by atoms with van der Waals surface area (Å²) in [5.74, 6) is 7.32. The number of fused-ring (bicyclic) bond motifs is 2. The van der Waals surface area contributed by atoms with Crippen LogP contribution in [0.1, 0.15) is 33.1 Å². The maximum Gasteiger partial charge on any atom is 0.232 e. The van der Waals surface area contributed by atoms with Gasteiger partial charge in [0, 0.05) is 17.9 Å². The second-order valence-electron chi connectivity index (χ2n) is 9.03. The largest absolute Gasteiger partial charge is 0.280 e. The van der Waals surface area contributed by atoms with Crippen LogP contribution >= 0.6 is 0 Å². The first kappa shape index (κ1) is 11.7. The summed E-state index contributed by atoms with van der Waals surface area (Å²) in [6, 6.07) is 0.0383. The summed E-state index contributed by atoms with van der Waals surface area (Å²) in [5.41, 5.74) is 0. The van der Waals surface area contributed by atoms with Crippen LogP contribution < -0.4 is 0 Å². The molecular weight excluding hydrogens is 262 g/mol. The quantitative estimate of drug-likeness (QED) is 0.692. The highest BCUT2D eigenvalue weighted by Crippen LogP contribution is 2.81. The molecule has 8 fully saturated rings. The molecule has 8 bridgehead atoms. The Bertz CT molecular complexity index is 578. The Labute approximate surface area is 125 Å². The average Bonchev–Trinajstić information content (AvgIpc) is 2.91. The highest BCUT2D eigenvalue weighted by Gasteiger charge is 2.78. The second kappa shape index (κ2) is 3.23. The third kappa shape index (κ3) is 1.05. The number of carbonyl (C=O) groups excluding carboxylic acids is 2. The molecule has 8 rings (SSSR count). The smallest absolute Gasteiger partial charge is 0.232 e. The molecule has 10 atom stereocenters. The van der Waals surface area contributed by atoms with Crippen molar-refractivity contribution in [3.05, 3.63) is 0 Å². The fourth-order valence-electron chi connectivity index (χ4n) is 8.19. The van der Waals surface area contributed by atoms with E-state index in [9.17, 15) is 9.59 Å². The van der Waals surface area contributed by atoms with Gasteiger partial charge in [-0.2, -0.15) is 0 Å². The van der Waals surface area contributed by atoms with Gasteiger partial charge in [0.1, 0.15) is 0 Å². The van der Waals surface area contributed by atoms with Gasteiger partial charge >= 0.3 is 0 Å². The van der Waals surface area contributed by atoms with Crippen molar-refractivity contribution in [2.24, 2.45) is 59.2 Å². The van der Waals surface area contributed by atoms with Gasteiger partial charge in [-0.25, -0.2) is 0 Å². The van der Waals surface area contributed by atoms with Crippen LogP contribution in [0.15, 0.2) is 0 Å². The predicted molar refractivity (Wildman–Crippen MR) is 75.7 cm³/mol. The van der Waals surface area contributed by atoms with Gasteiger partial charge in [-0.3, -0.25) is 14.5 Å². The zero-order valence-corrected chi connectivity index (χ0v) is 12.7. The number of imide groups is 1. The Morgan fingerprint density at radius 2 is 1.43 bits per heavy atom. The van der Waals surface area contributed by atoms with E-state index in [2.05, 4.69) is 0 Å². The fraction of sp³-hybridized carbons (Fsp3) is 0.889. The van der Waals surface area contributed by atoms with Crippen molar-refractivity contribution in [3.8, 4) is 0 Å². The van der Waals surface area contributed by atoms with E-state index in [1.807, 2.05) is 13.8 Å². The van der Waals surface area contributed by atoms with Crippen molar-refractivity contribution in [2.45, 2.75) is 39.2 Å². The molecule has 7 saturated carbocycles. The van der Waals surface area contributed by atoms with Crippen LogP contribution in [0.5, 0.6) is 0 Å². The van der Waals surface area contributed by atoms with Gasteiger partial charge in [0.25, 0.3) is 0 Å². The van der Waals surface area contributed by atoms with Gasteiger partial charge in [-0.05, 0) is 80.5 Å². The summed E-state index contributed by atoms with van der Waals surface area (Å²) in [7, 11) is 0. The van der Waals surface area contributed by atoms with E-state index in [-0.39, 0.29) is 29.7 Å². The first-order valence-corrected chi connectivity index (χ1v) is 8.96. The summed E-state index contributed by atoms with van der Waals surface area (Å²) in [6.45, 7) is 3.99. The predicted octanol–water partition coefficient (Wildman–Crippen LogP) is 2.16. The van der Waals surface area contributed by atoms with Gasteiger partial charge in [0.2, 0.25) is 11.8 Å². The topological polar surface area (TPSA) is 37.4 Å². The van der Waals surface area contributed by atoms with Gasteiger partial charge in [-0.1, -0.05) is 0 Å². The summed E-state index contributed by atoms with van der Waals surface area (Å²) < 4.78 is 0. The number of piperidine rings is 1. The highest BCUT2D eigenvalue weighted by atomic mass is 16.2. The number of likely N-dealkylation sites (tertiary alicyclic amines) is 1. The van der Waals surface area contributed by atoms with Crippen LogP contribution in [0.3, 0.4) is 0 Å². The van der Waals surface area contributed by atoms with Gasteiger partial charge in [0.15, 0.2) is 0 Å². The number of rotatable bonds is 1. The summed E-state index contributed by atoms with van der Waals surface area (Å²) in [5, 5.41) is 0. The minimum atomic E-state index is 0.0383. The Morgan fingerprint density at radius 3 is 2.05 bits per heavy atom. The Kier molecular flexibility index (Phi) is 1.80. The Hall–Kier alpha value is -0.860. The van der Waals surface area contributed by atoms with Crippen LogP contribution in [0, 0.1) is 59.2 Å². The minimum Gasteiger partial charge on any atom is -0.280 e. The molecule has 0 aromatic rings. The molecule has 0 spiro atoms. The van der Waals surface area contributed by atoms with E-state index < -0.39 is 0 Å². The monoisotopic (exact) mass is 285 g/mol. The van der Waals surface area contributed by atoms with Crippen molar-refractivity contribution in [1.29, 1.82) is 0 Å². The van der Waals surface area contributed by atoms with E-state index in [4.69, 9.17) is 0 Å². The molecule has 21 heavy (non-hydrogen) atoms. The molecule has 0 aromatic carbocycles. The second-order valence-corrected chi connectivity index (χ2v) is 9.03. The van der Waals surface area contributed by atoms with Crippen molar-refractivity contribution in [1.82, 2.24) is 4.90 Å². The van der Waals surface area contributed by atoms with Crippen LogP contribution in [-0.2, 0) is 9.59 Å². The van der Waals surface area contributed by atoms with Crippen LogP contribution in [0.2, 0.25) is 0 Å². The fourth-order valence-corrected chi connectivity index (χ4v) is 8.19. The van der Waals surface area contributed by atoms with E-state index in [1.165, 1.54) is 12.8 Å². The van der Waals surface area contributed by atoms with E-state index in [0.717, 1.165) is 41.9 Å². The average molecular weight is 285 g/mol. The zero-order chi connectivity index (χ0) is 14.2. The van der Waals surface area contributed by atoms with Crippen molar-refractivity contribution in [3.63, 3.8) is 0 Å². The lowest BCUT2D eigenvalue weighted by Crippen LogP contribution is -2.50. The van der Waals surface area contributed by atoms with E-state index >= 15 is 0 Å². The lowest BCUT2D eigenvalue weighted by Gasteiger charge is -2.51. The number of hydrogen-bond acceptors (Lipinski definition) is 2.